The second-order valence-electron chi connectivity index (χ2n) is 6.37. The monoisotopic (exact) mass is 378 g/mol. The van der Waals surface area contributed by atoms with Crippen molar-refractivity contribution in [1.82, 2.24) is 0 Å². The van der Waals surface area contributed by atoms with Crippen LogP contribution in [0.25, 0.3) is 0 Å². The molecule has 0 unspecified atom stereocenters. The predicted octanol–water partition coefficient (Wildman–Crippen LogP) is 4.80. The lowest BCUT2D eigenvalue weighted by Crippen LogP contribution is -2.43. The first-order chi connectivity index (χ1) is 13.1. The molecule has 3 nitrogen and oxygen atoms in total. The van der Waals surface area contributed by atoms with Crippen molar-refractivity contribution in [2.45, 2.75) is 11.3 Å². The lowest BCUT2D eigenvalue weighted by molar-refractivity contribution is -0.118. The molecule has 3 aromatic rings. The lowest BCUT2D eigenvalue weighted by atomic mass is 9.89. The van der Waals surface area contributed by atoms with Crippen LogP contribution in [0.4, 0.5) is 10.1 Å². The Bertz CT molecular complexity index is 990. The molecule has 1 amide bonds. The van der Waals surface area contributed by atoms with Gasteiger partial charge in [-0.05, 0) is 29.8 Å². The van der Waals surface area contributed by atoms with Crippen LogP contribution in [0.15, 0.2) is 90.0 Å². The molecule has 1 aliphatic heterocycles. The summed E-state index contributed by atoms with van der Waals surface area (Å²) in [5, 5.41) is 5.80. The van der Waals surface area contributed by atoms with Gasteiger partial charge in [-0.2, -0.15) is 10.1 Å². The Labute approximate surface area is 161 Å². The summed E-state index contributed by atoms with van der Waals surface area (Å²) in [7, 11) is 0. The smallest absolute Gasteiger partial charge is 0.270 e. The molecular weight excluding hydrogens is 363 g/mol. The molecule has 0 N–H and O–H groups in total. The molecule has 5 heteroatoms. The number of hydrazone groups is 1. The van der Waals surface area contributed by atoms with Crippen molar-refractivity contribution < 1.29 is 9.18 Å². The van der Waals surface area contributed by atoms with Crippen LogP contribution in [0.3, 0.4) is 0 Å². The SMILES string of the molecule is O=C1N(c2ccc(F)cc2)N=C(c2ccccc2)[C@]1(Cl)Cc1ccccc1. The standard InChI is InChI=1S/C22H16ClFN2O/c23-22(15-16-7-3-1-4-8-16)20(17-9-5-2-6-10-17)25-26(21(22)27)19-13-11-18(24)12-14-19/h1-14H,15H2/t22-/m1/s1. The number of benzene rings is 3. The Morgan fingerprint density at radius 2 is 1.48 bits per heavy atom. The van der Waals surface area contributed by atoms with E-state index in [1.54, 1.807) is 0 Å². The van der Waals surface area contributed by atoms with Crippen molar-refractivity contribution in [3.63, 3.8) is 0 Å². The number of alkyl halides is 1. The van der Waals surface area contributed by atoms with Crippen molar-refractivity contribution in [2.24, 2.45) is 5.10 Å². The highest BCUT2D eigenvalue weighted by molar-refractivity contribution is 6.53. The molecular formula is C22H16ClFN2O. The van der Waals surface area contributed by atoms with Crippen molar-refractivity contribution in [1.29, 1.82) is 0 Å². The Hall–Kier alpha value is -2.98. The van der Waals surface area contributed by atoms with Crippen molar-refractivity contribution in [2.75, 3.05) is 5.01 Å². The minimum atomic E-state index is -1.34. The van der Waals surface area contributed by atoms with Crippen LogP contribution in [0.2, 0.25) is 0 Å². The third-order valence-corrected chi connectivity index (χ3v) is 4.99. The molecule has 27 heavy (non-hydrogen) atoms. The van der Waals surface area contributed by atoms with E-state index in [0.717, 1.165) is 11.1 Å². The van der Waals surface area contributed by atoms with Gasteiger partial charge in [-0.25, -0.2) is 4.39 Å². The summed E-state index contributed by atoms with van der Waals surface area (Å²) >= 11 is 6.94. The van der Waals surface area contributed by atoms with Gasteiger partial charge in [0.25, 0.3) is 5.91 Å². The van der Waals surface area contributed by atoms with Gasteiger partial charge in [-0.15, -0.1) is 11.6 Å². The van der Waals surface area contributed by atoms with E-state index >= 15 is 0 Å². The van der Waals surface area contributed by atoms with Crippen LogP contribution < -0.4 is 5.01 Å². The lowest BCUT2D eigenvalue weighted by Gasteiger charge is -2.22. The maximum Gasteiger partial charge on any atom is 0.275 e. The maximum absolute atomic E-state index is 13.3. The number of carbonyl (C=O) groups is 1. The molecule has 4 rings (SSSR count). The highest BCUT2D eigenvalue weighted by atomic mass is 35.5. The summed E-state index contributed by atoms with van der Waals surface area (Å²) in [6, 6.07) is 24.6. The van der Waals surface area contributed by atoms with E-state index in [1.807, 2.05) is 60.7 Å². The zero-order valence-electron chi connectivity index (χ0n) is 14.3. The number of carbonyl (C=O) groups excluding carboxylic acids is 1. The topological polar surface area (TPSA) is 32.7 Å². The minimum absolute atomic E-state index is 0.305. The largest absolute Gasteiger partial charge is 0.275 e. The van der Waals surface area contributed by atoms with E-state index in [9.17, 15) is 9.18 Å². The van der Waals surface area contributed by atoms with E-state index in [1.165, 1.54) is 29.3 Å². The molecule has 134 valence electrons. The molecule has 0 saturated heterocycles. The molecule has 1 atom stereocenters. The van der Waals surface area contributed by atoms with Gasteiger partial charge in [-0.1, -0.05) is 60.7 Å². The highest BCUT2D eigenvalue weighted by Crippen LogP contribution is 2.36. The normalized spacial score (nSPS) is 19.3. The molecule has 0 fully saturated rings. The minimum Gasteiger partial charge on any atom is -0.270 e. The predicted molar refractivity (Wildman–Crippen MR) is 106 cm³/mol. The van der Waals surface area contributed by atoms with Crippen LogP contribution in [-0.2, 0) is 11.2 Å². The molecule has 0 aliphatic carbocycles. The van der Waals surface area contributed by atoms with Gasteiger partial charge < -0.3 is 0 Å². The average Bonchev–Trinajstić information content (AvgIpc) is 2.95. The van der Waals surface area contributed by atoms with E-state index in [2.05, 4.69) is 5.10 Å². The third-order valence-electron chi connectivity index (χ3n) is 4.52. The molecule has 1 aliphatic rings. The van der Waals surface area contributed by atoms with Crippen molar-refractivity contribution in [3.05, 3.63) is 102 Å². The second-order valence-corrected chi connectivity index (χ2v) is 7.02. The number of hydrogen-bond acceptors (Lipinski definition) is 2. The summed E-state index contributed by atoms with van der Waals surface area (Å²) in [5.74, 6) is -0.724. The van der Waals surface area contributed by atoms with Crippen molar-refractivity contribution in [3.8, 4) is 0 Å². The van der Waals surface area contributed by atoms with E-state index in [-0.39, 0.29) is 11.7 Å². The summed E-state index contributed by atoms with van der Waals surface area (Å²) < 4.78 is 13.3. The Morgan fingerprint density at radius 1 is 0.889 bits per heavy atom. The highest BCUT2D eigenvalue weighted by Gasteiger charge is 2.50. The fourth-order valence-corrected chi connectivity index (χ4v) is 3.55. The fourth-order valence-electron chi connectivity index (χ4n) is 3.17. The molecule has 0 aromatic heterocycles. The molecule has 0 saturated carbocycles. The maximum atomic E-state index is 13.3. The van der Waals surface area contributed by atoms with Gasteiger partial charge in [0.1, 0.15) is 5.82 Å². The Morgan fingerprint density at radius 3 is 2.11 bits per heavy atom. The van der Waals surface area contributed by atoms with E-state index in [0.29, 0.717) is 17.8 Å². The summed E-state index contributed by atoms with van der Waals surface area (Å²) in [6.45, 7) is 0. The summed E-state index contributed by atoms with van der Waals surface area (Å²) in [5.41, 5.74) is 2.68. The average molecular weight is 379 g/mol. The summed E-state index contributed by atoms with van der Waals surface area (Å²) in [4.78, 5) is 12.0. The van der Waals surface area contributed by atoms with Gasteiger partial charge in [-0.3, -0.25) is 4.79 Å². The zero-order valence-corrected chi connectivity index (χ0v) is 15.1. The van der Waals surface area contributed by atoms with Gasteiger partial charge in [0.15, 0.2) is 4.87 Å². The molecule has 3 aromatic carbocycles. The van der Waals surface area contributed by atoms with Gasteiger partial charge >= 0.3 is 0 Å². The first-order valence-electron chi connectivity index (χ1n) is 8.55. The molecule has 1 heterocycles. The zero-order chi connectivity index (χ0) is 18.9. The van der Waals surface area contributed by atoms with Crippen LogP contribution in [0, 0.1) is 5.82 Å². The number of rotatable bonds is 4. The second kappa shape index (κ2) is 6.97. The first kappa shape index (κ1) is 17.4. The Balaban J connectivity index is 1.80. The fraction of sp³-hybridized carbons (Fsp3) is 0.0909. The molecule has 0 radical (unpaired) electrons. The van der Waals surface area contributed by atoms with Crippen LogP contribution >= 0.6 is 11.6 Å². The number of hydrogen-bond donors (Lipinski definition) is 0. The summed E-state index contributed by atoms with van der Waals surface area (Å²) in [6.07, 6.45) is 0.305. The van der Waals surface area contributed by atoms with E-state index < -0.39 is 4.87 Å². The third kappa shape index (κ3) is 3.24. The van der Waals surface area contributed by atoms with Crippen molar-refractivity contribution >= 4 is 28.9 Å². The van der Waals surface area contributed by atoms with Crippen LogP contribution in [0.1, 0.15) is 11.1 Å². The van der Waals surface area contributed by atoms with Crippen LogP contribution in [-0.4, -0.2) is 16.5 Å². The number of nitrogens with zero attached hydrogens (tertiary/aromatic N) is 2. The first-order valence-corrected chi connectivity index (χ1v) is 8.93. The number of halogens is 2. The van der Waals surface area contributed by atoms with E-state index in [4.69, 9.17) is 11.6 Å². The molecule has 0 bridgehead atoms. The quantitative estimate of drug-likeness (QED) is 0.600. The van der Waals surface area contributed by atoms with Gasteiger partial charge in [0.2, 0.25) is 0 Å². The number of anilines is 1. The number of amides is 1. The van der Waals surface area contributed by atoms with Gasteiger partial charge in [0.05, 0.1) is 11.4 Å². The Kier molecular flexibility index (Phi) is 4.50. The molecule has 0 spiro atoms. The van der Waals surface area contributed by atoms with Crippen LogP contribution in [0.5, 0.6) is 0 Å². The van der Waals surface area contributed by atoms with Gasteiger partial charge in [0, 0.05) is 12.0 Å².